The molecule has 2 unspecified atom stereocenters. The molecule has 3 atom stereocenters. The molecule has 1 aliphatic heterocycles. The van der Waals surface area contributed by atoms with E-state index in [-0.39, 0.29) is 10.8 Å². The Morgan fingerprint density at radius 3 is 2.13 bits per heavy atom. The molecule has 0 aromatic rings. The van der Waals surface area contributed by atoms with Gasteiger partial charge in [-0.25, -0.2) is 8.51 Å². The van der Waals surface area contributed by atoms with Crippen LogP contribution < -0.4 is 0 Å². The van der Waals surface area contributed by atoms with Crippen molar-refractivity contribution in [3.8, 4) is 0 Å². The summed E-state index contributed by atoms with van der Waals surface area (Å²) in [5.74, 6) is 0. The summed E-state index contributed by atoms with van der Waals surface area (Å²) in [5, 5.41) is 10.3. The Kier molecular flexibility index (Phi) is 3.63. The molecule has 1 heterocycles. The molecule has 0 aromatic heterocycles. The fraction of sp³-hybridized carbons (Fsp3) is 1.00. The van der Waals surface area contributed by atoms with Gasteiger partial charge in [0.2, 0.25) is 0 Å². The maximum Gasteiger partial charge on any atom is 0.100 e. The van der Waals surface area contributed by atoms with E-state index in [1.807, 2.05) is 38.9 Å². The van der Waals surface area contributed by atoms with Crippen molar-refractivity contribution in [2.24, 2.45) is 0 Å². The van der Waals surface area contributed by atoms with Crippen LogP contribution in [0.5, 0.6) is 0 Å². The summed E-state index contributed by atoms with van der Waals surface area (Å²) in [5.41, 5.74) is -0.652. The van der Waals surface area contributed by atoms with Crippen molar-refractivity contribution in [2.45, 2.75) is 63.9 Å². The molecule has 1 rings (SSSR count). The largest absolute Gasteiger partial charge is 0.388 e. The zero-order valence-corrected chi connectivity index (χ0v) is 11.2. The van der Waals surface area contributed by atoms with Crippen molar-refractivity contribution in [3.63, 3.8) is 0 Å². The zero-order valence-electron chi connectivity index (χ0n) is 10.4. The Hall–Kier alpha value is 0.0700. The lowest BCUT2D eigenvalue weighted by Crippen LogP contribution is -2.38. The highest BCUT2D eigenvalue weighted by Crippen LogP contribution is 2.37. The Balaban J connectivity index is 2.65. The maximum atomic E-state index is 12.0. The van der Waals surface area contributed by atoms with Gasteiger partial charge in [-0.1, -0.05) is 13.8 Å². The molecule has 1 saturated heterocycles. The van der Waals surface area contributed by atoms with Crippen LogP contribution in [-0.4, -0.2) is 36.6 Å². The Morgan fingerprint density at radius 2 is 1.80 bits per heavy atom. The van der Waals surface area contributed by atoms with Crippen LogP contribution in [0.3, 0.4) is 0 Å². The van der Waals surface area contributed by atoms with Gasteiger partial charge in [-0.15, -0.1) is 0 Å². The predicted octanol–water partition coefficient (Wildman–Crippen LogP) is 1.68. The summed E-state index contributed by atoms with van der Waals surface area (Å²) in [6, 6.07) is 0.0903. The van der Waals surface area contributed by atoms with E-state index >= 15 is 0 Å². The molecule has 3 nitrogen and oxygen atoms in total. The summed E-state index contributed by atoms with van der Waals surface area (Å²) in [7, 11) is -0.984. The third-order valence-corrected chi connectivity index (χ3v) is 5.03. The molecule has 0 aliphatic carbocycles. The summed E-state index contributed by atoms with van der Waals surface area (Å²) in [4.78, 5) is 0. The van der Waals surface area contributed by atoms with Crippen LogP contribution in [0, 0.1) is 0 Å². The van der Waals surface area contributed by atoms with Gasteiger partial charge in [0.1, 0.15) is 11.0 Å². The second kappa shape index (κ2) is 4.15. The summed E-state index contributed by atoms with van der Waals surface area (Å²) >= 11 is 0. The van der Waals surface area contributed by atoms with Gasteiger partial charge in [0, 0.05) is 6.54 Å². The van der Waals surface area contributed by atoms with E-state index in [9.17, 15) is 9.32 Å². The van der Waals surface area contributed by atoms with E-state index in [0.29, 0.717) is 0 Å². The fourth-order valence-corrected chi connectivity index (χ4v) is 3.23. The second-order valence-corrected chi connectivity index (χ2v) is 7.48. The van der Waals surface area contributed by atoms with E-state index in [0.717, 1.165) is 19.4 Å². The number of hydrogen-bond acceptors (Lipinski definition) is 2. The van der Waals surface area contributed by atoms with Crippen LogP contribution in [0.2, 0.25) is 0 Å². The average molecular weight is 233 g/mol. The minimum Gasteiger partial charge on any atom is -0.388 e. The fourth-order valence-electron chi connectivity index (χ4n) is 1.82. The third kappa shape index (κ3) is 2.60. The highest BCUT2D eigenvalue weighted by atomic mass is 32.2. The van der Waals surface area contributed by atoms with Crippen molar-refractivity contribution >= 4 is 11.0 Å². The lowest BCUT2D eigenvalue weighted by molar-refractivity contribution is 0.0250. The molecule has 90 valence electrons. The molecule has 0 bridgehead atoms. The number of rotatable bonds is 4. The summed E-state index contributed by atoms with van der Waals surface area (Å²) in [6.07, 6.45) is 1.46. The van der Waals surface area contributed by atoms with Gasteiger partial charge in [-0.2, -0.15) is 0 Å². The first-order valence-corrected chi connectivity index (χ1v) is 6.78. The Bertz CT molecular complexity index is 256. The molecule has 1 aliphatic rings. The molecule has 0 amide bonds. The highest BCUT2D eigenvalue weighted by molar-refractivity contribution is 7.84. The van der Waals surface area contributed by atoms with Crippen LogP contribution in [-0.2, 0) is 11.0 Å². The smallest absolute Gasteiger partial charge is 0.100 e. The third-order valence-electron chi connectivity index (χ3n) is 3.15. The summed E-state index contributed by atoms with van der Waals surface area (Å²) in [6.45, 7) is 10.6. The monoisotopic (exact) mass is 233 g/mol. The van der Waals surface area contributed by atoms with Crippen LogP contribution in [0.15, 0.2) is 0 Å². The molecular formula is C11H23NO2S. The molecule has 0 spiro atoms. The van der Waals surface area contributed by atoms with E-state index < -0.39 is 16.6 Å². The van der Waals surface area contributed by atoms with Gasteiger partial charge in [0.15, 0.2) is 0 Å². The van der Waals surface area contributed by atoms with E-state index in [4.69, 9.17) is 0 Å². The van der Waals surface area contributed by atoms with Crippen molar-refractivity contribution in [2.75, 3.05) is 6.54 Å². The number of hydrogen-bond donors (Lipinski definition) is 1. The number of aliphatic hydroxyl groups is 1. The van der Waals surface area contributed by atoms with Gasteiger partial charge >= 0.3 is 0 Å². The summed E-state index contributed by atoms with van der Waals surface area (Å²) < 4.78 is 13.7. The molecule has 1 fully saturated rings. The molecular weight excluding hydrogens is 210 g/mol. The van der Waals surface area contributed by atoms with Crippen molar-refractivity contribution in [1.29, 1.82) is 0 Å². The lowest BCUT2D eigenvalue weighted by atomic mass is 9.94. The van der Waals surface area contributed by atoms with Crippen molar-refractivity contribution in [1.82, 2.24) is 4.31 Å². The van der Waals surface area contributed by atoms with Gasteiger partial charge < -0.3 is 5.11 Å². The second-order valence-electron chi connectivity index (χ2n) is 5.29. The lowest BCUT2D eigenvalue weighted by Gasteiger charge is -2.26. The molecule has 0 aromatic carbocycles. The normalized spacial score (nSPS) is 28.9. The topological polar surface area (TPSA) is 40.3 Å². The first-order chi connectivity index (χ1) is 6.76. The van der Waals surface area contributed by atoms with Crippen LogP contribution in [0.4, 0.5) is 0 Å². The van der Waals surface area contributed by atoms with Crippen LogP contribution in [0.1, 0.15) is 47.5 Å². The molecule has 4 heteroatoms. The minimum absolute atomic E-state index is 0.0903. The minimum atomic E-state index is -0.984. The predicted molar refractivity (Wildman–Crippen MR) is 63.9 cm³/mol. The van der Waals surface area contributed by atoms with Gasteiger partial charge in [0.05, 0.1) is 16.4 Å². The van der Waals surface area contributed by atoms with Gasteiger partial charge in [0.25, 0.3) is 0 Å². The van der Waals surface area contributed by atoms with Crippen LogP contribution >= 0.6 is 0 Å². The maximum absolute atomic E-state index is 12.0. The Morgan fingerprint density at radius 1 is 1.33 bits per heavy atom. The molecule has 0 saturated carbocycles. The SMILES string of the molecule is CCC(O)(CC)[C@H]1CN1S(=O)C(C)(C)C. The first kappa shape index (κ1) is 13.1. The quantitative estimate of drug-likeness (QED) is 0.751. The highest BCUT2D eigenvalue weighted by Gasteiger charge is 2.53. The molecule has 15 heavy (non-hydrogen) atoms. The average Bonchev–Trinajstić information content (AvgIpc) is 2.94. The zero-order chi connectivity index (χ0) is 11.9. The van der Waals surface area contributed by atoms with Crippen molar-refractivity contribution in [3.05, 3.63) is 0 Å². The van der Waals surface area contributed by atoms with E-state index in [2.05, 4.69) is 0 Å². The van der Waals surface area contributed by atoms with Crippen molar-refractivity contribution < 1.29 is 9.32 Å². The van der Waals surface area contributed by atoms with Gasteiger partial charge in [-0.3, -0.25) is 0 Å². The van der Waals surface area contributed by atoms with E-state index in [1.54, 1.807) is 0 Å². The van der Waals surface area contributed by atoms with Crippen LogP contribution in [0.25, 0.3) is 0 Å². The Labute approximate surface area is 95.4 Å². The molecule has 0 radical (unpaired) electrons. The molecule has 1 N–H and O–H groups in total. The van der Waals surface area contributed by atoms with Gasteiger partial charge in [-0.05, 0) is 33.6 Å². The first-order valence-electron chi connectivity index (χ1n) is 5.67. The number of nitrogens with zero attached hydrogens (tertiary/aromatic N) is 1. The standard InChI is InChI=1S/C11H23NO2S/c1-6-11(13,7-2)9-8-12(9)15(14)10(3,4)5/h9,13H,6-8H2,1-5H3/t9-,12?,15?/m1/s1. The van der Waals surface area contributed by atoms with E-state index in [1.165, 1.54) is 0 Å².